The molecule has 0 saturated carbocycles. The molecule has 5 heteroatoms. The second-order valence-corrected chi connectivity index (χ2v) is 5.63. The molecule has 0 amide bonds. The van der Waals surface area contributed by atoms with E-state index in [1.807, 2.05) is 24.3 Å². The van der Waals surface area contributed by atoms with Gasteiger partial charge in [-0.3, -0.25) is 0 Å². The lowest BCUT2D eigenvalue weighted by molar-refractivity contribution is -0.698. The van der Waals surface area contributed by atoms with Gasteiger partial charge in [0.1, 0.15) is 25.3 Å². The summed E-state index contributed by atoms with van der Waals surface area (Å²) in [5.74, 6) is 1.68. The molecule has 2 rings (SSSR count). The van der Waals surface area contributed by atoms with Crippen LogP contribution < -0.4 is 19.5 Å². The third-order valence-corrected chi connectivity index (χ3v) is 3.89. The quantitative estimate of drug-likeness (QED) is 0.734. The Bertz CT molecular complexity index is 596. The smallest absolute Gasteiger partial charge is 0.203 e. The highest BCUT2D eigenvalue weighted by molar-refractivity contribution is 5.51. The summed E-state index contributed by atoms with van der Waals surface area (Å²) in [6.07, 6.45) is -0.592. The van der Waals surface area contributed by atoms with Crippen LogP contribution in [0.1, 0.15) is 18.5 Å². The first kappa shape index (κ1) is 18.1. The Labute approximate surface area is 143 Å². The molecule has 0 aliphatic rings. The van der Waals surface area contributed by atoms with Crippen LogP contribution in [0.25, 0.3) is 0 Å². The van der Waals surface area contributed by atoms with Crippen LogP contribution in [-0.2, 0) is 0 Å². The van der Waals surface area contributed by atoms with E-state index in [-0.39, 0.29) is 12.6 Å². The van der Waals surface area contributed by atoms with Gasteiger partial charge < -0.3 is 24.6 Å². The normalized spacial score (nSPS) is 13.2. The van der Waals surface area contributed by atoms with E-state index < -0.39 is 6.10 Å². The zero-order valence-corrected chi connectivity index (χ0v) is 14.4. The van der Waals surface area contributed by atoms with Gasteiger partial charge >= 0.3 is 0 Å². The number of hydrogen-bond acceptors (Lipinski definition) is 4. The van der Waals surface area contributed by atoms with Crippen molar-refractivity contribution in [3.05, 3.63) is 54.1 Å². The van der Waals surface area contributed by atoms with Gasteiger partial charge in [0.2, 0.25) is 5.75 Å². The minimum absolute atomic E-state index is 0.175. The van der Waals surface area contributed by atoms with Crippen LogP contribution in [-0.4, -0.2) is 38.6 Å². The van der Waals surface area contributed by atoms with E-state index in [0.717, 1.165) is 0 Å². The molecule has 24 heavy (non-hydrogen) atoms. The van der Waals surface area contributed by atoms with Crippen LogP contribution in [0.5, 0.6) is 17.2 Å². The summed E-state index contributed by atoms with van der Waals surface area (Å²) in [5.41, 5.74) is 1.23. The van der Waals surface area contributed by atoms with Gasteiger partial charge in [-0.15, -0.1) is 0 Å². The number of methoxy groups -OCH3 is 2. The van der Waals surface area contributed by atoms with Crippen molar-refractivity contribution >= 4 is 0 Å². The summed E-state index contributed by atoms with van der Waals surface area (Å²) >= 11 is 0. The lowest BCUT2D eigenvalue weighted by Gasteiger charge is -2.17. The highest BCUT2D eigenvalue weighted by Gasteiger charge is 2.16. The number of benzene rings is 2. The third-order valence-electron chi connectivity index (χ3n) is 3.89. The van der Waals surface area contributed by atoms with Gasteiger partial charge in [0.25, 0.3) is 0 Å². The first-order valence-electron chi connectivity index (χ1n) is 8.05. The van der Waals surface area contributed by atoms with E-state index in [2.05, 4.69) is 24.4 Å². The van der Waals surface area contributed by atoms with E-state index in [0.29, 0.717) is 23.8 Å². The van der Waals surface area contributed by atoms with Crippen molar-refractivity contribution in [3.8, 4) is 17.2 Å². The van der Waals surface area contributed by atoms with Crippen LogP contribution >= 0.6 is 0 Å². The Morgan fingerprint density at radius 1 is 0.958 bits per heavy atom. The molecule has 0 bridgehead atoms. The molecule has 0 aliphatic heterocycles. The molecule has 5 nitrogen and oxygen atoms in total. The molecular formula is C19H26NO4+. The van der Waals surface area contributed by atoms with Gasteiger partial charge in [0.05, 0.1) is 14.2 Å². The zero-order valence-electron chi connectivity index (χ0n) is 14.4. The number of aliphatic hydroxyl groups is 1. The van der Waals surface area contributed by atoms with Crippen LogP contribution in [0.4, 0.5) is 0 Å². The van der Waals surface area contributed by atoms with Crippen molar-refractivity contribution in [1.82, 2.24) is 0 Å². The number of para-hydroxylation sites is 1. The van der Waals surface area contributed by atoms with Gasteiger partial charge in [0, 0.05) is 5.56 Å². The van der Waals surface area contributed by atoms with Gasteiger partial charge in [-0.1, -0.05) is 36.4 Å². The van der Waals surface area contributed by atoms with E-state index in [1.165, 1.54) is 5.56 Å². The van der Waals surface area contributed by atoms with E-state index in [1.54, 1.807) is 26.4 Å². The summed E-state index contributed by atoms with van der Waals surface area (Å²) in [4.78, 5) is 0. The molecule has 0 fully saturated rings. The summed E-state index contributed by atoms with van der Waals surface area (Å²) in [6, 6.07) is 15.9. The van der Waals surface area contributed by atoms with Crippen molar-refractivity contribution < 1.29 is 24.6 Å². The second kappa shape index (κ2) is 9.15. The lowest BCUT2D eigenvalue weighted by atomic mass is 10.1. The first-order valence-corrected chi connectivity index (χ1v) is 8.05. The van der Waals surface area contributed by atoms with Crippen molar-refractivity contribution in [1.29, 1.82) is 0 Å². The first-order chi connectivity index (χ1) is 11.7. The number of aliphatic hydroxyl groups excluding tert-OH is 1. The molecule has 2 aromatic carbocycles. The monoisotopic (exact) mass is 332 g/mol. The van der Waals surface area contributed by atoms with Crippen molar-refractivity contribution in [2.24, 2.45) is 0 Å². The second-order valence-electron chi connectivity index (χ2n) is 5.63. The van der Waals surface area contributed by atoms with Gasteiger partial charge in [-0.2, -0.15) is 0 Å². The molecule has 0 aromatic heterocycles. The molecule has 2 atom stereocenters. The standard InChI is InChI=1S/C19H25NO4/c1-14(15-8-5-4-6-9-15)20-12-16(21)13-24-19-17(22-2)10-7-11-18(19)23-3/h4-11,14,16,20-21H,12-13H2,1-3H3/p+1. The van der Waals surface area contributed by atoms with Crippen LogP contribution in [0.3, 0.4) is 0 Å². The molecule has 0 radical (unpaired) electrons. The summed E-state index contributed by atoms with van der Waals surface area (Å²) in [7, 11) is 3.15. The molecule has 2 aromatic rings. The van der Waals surface area contributed by atoms with Crippen molar-refractivity contribution in [2.45, 2.75) is 19.1 Å². The Balaban J connectivity index is 1.86. The molecular weight excluding hydrogens is 306 g/mol. The fourth-order valence-corrected chi connectivity index (χ4v) is 2.46. The number of rotatable bonds is 9. The van der Waals surface area contributed by atoms with Crippen LogP contribution in [0.15, 0.2) is 48.5 Å². The fraction of sp³-hybridized carbons (Fsp3) is 0.368. The third kappa shape index (κ3) is 4.88. The molecule has 2 unspecified atom stereocenters. The fourth-order valence-electron chi connectivity index (χ4n) is 2.46. The average Bonchev–Trinajstić information content (AvgIpc) is 2.64. The maximum Gasteiger partial charge on any atom is 0.203 e. The molecule has 3 N–H and O–H groups in total. The van der Waals surface area contributed by atoms with E-state index >= 15 is 0 Å². The Morgan fingerprint density at radius 2 is 1.58 bits per heavy atom. The predicted molar refractivity (Wildman–Crippen MR) is 92.7 cm³/mol. The van der Waals surface area contributed by atoms with E-state index in [9.17, 15) is 5.11 Å². The minimum Gasteiger partial charge on any atom is -0.493 e. The summed E-state index contributed by atoms with van der Waals surface area (Å²) in [6.45, 7) is 2.84. The summed E-state index contributed by atoms with van der Waals surface area (Å²) < 4.78 is 16.3. The molecule has 0 aliphatic carbocycles. The number of nitrogens with two attached hydrogens (primary N) is 1. The highest BCUT2D eigenvalue weighted by atomic mass is 16.5. The predicted octanol–water partition coefficient (Wildman–Crippen LogP) is 1.77. The van der Waals surface area contributed by atoms with Gasteiger partial charge in [-0.05, 0) is 19.1 Å². The Kier molecular flexibility index (Phi) is 6.90. The topological polar surface area (TPSA) is 64.5 Å². The SMILES string of the molecule is COc1cccc(OC)c1OCC(O)C[NH2+]C(C)c1ccccc1. The van der Waals surface area contributed by atoms with E-state index in [4.69, 9.17) is 14.2 Å². The van der Waals surface area contributed by atoms with Crippen LogP contribution in [0, 0.1) is 0 Å². The van der Waals surface area contributed by atoms with Gasteiger partial charge in [-0.25, -0.2) is 0 Å². The maximum absolute atomic E-state index is 10.2. The zero-order chi connectivity index (χ0) is 17.4. The number of ether oxygens (including phenoxy) is 3. The highest BCUT2D eigenvalue weighted by Crippen LogP contribution is 2.36. The number of hydrogen-bond donors (Lipinski definition) is 2. The molecule has 0 spiro atoms. The molecule has 130 valence electrons. The maximum atomic E-state index is 10.2. The molecule has 0 saturated heterocycles. The van der Waals surface area contributed by atoms with Crippen molar-refractivity contribution in [3.63, 3.8) is 0 Å². The minimum atomic E-state index is -0.592. The average molecular weight is 332 g/mol. The lowest BCUT2D eigenvalue weighted by Crippen LogP contribution is -2.87. The molecule has 0 heterocycles. The summed E-state index contributed by atoms with van der Waals surface area (Å²) in [5, 5.41) is 12.3. The van der Waals surface area contributed by atoms with Gasteiger partial charge in [0.15, 0.2) is 11.5 Å². The number of quaternary nitrogens is 1. The Morgan fingerprint density at radius 3 is 2.17 bits per heavy atom. The largest absolute Gasteiger partial charge is 0.493 e. The Hall–Kier alpha value is -2.24. The van der Waals surface area contributed by atoms with Crippen LogP contribution in [0.2, 0.25) is 0 Å². The van der Waals surface area contributed by atoms with Crippen molar-refractivity contribution in [2.75, 3.05) is 27.4 Å².